The molecule has 0 unspecified atom stereocenters. The molecule has 0 saturated carbocycles. The van der Waals surface area contributed by atoms with Crippen LogP contribution in [0.4, 0.5) is 0 Å². The van der Waals surface area contributed by atoms with Gasteiger partial charge in [-0.15, -0.1) is 0 Å². The van der Waals surface area contributed by atoms with Gasteiger partial charge in [-0.1, -0.05) is 18.2 Å². The quantitative estimate of drug-likeness (QED) is 0.462. The van der Waals surface area contributed by atoms with E-state index in [1.54, 1.807) is 6.26 Å². The lowest BCUT2D eigenvalue weighted by molar-refractivity contribution is 0.619. The first kappa shape index (κ1) is 7.99. The molecule has 2 aromatic carbocycles. The predicted octanol–water partition coefficient (Wildman–Crippen LogP) is 4.07. The van der Waals surface area contributed by atoms with Crippen LogP contribution in [0.25, 0.3) is 32.8 Å². The predicted molar refractivity (Wildman–Crippen MR) is 65.6 cm³/mol. The third-order valence-corrected chi connectivity index (χ3v) is 3.09. The van der Waals surface area contributed by atoms with Crippen LogP contribution in [0.3, 0.4) is 0 Å². The van der Waals surface area contributed by atoms with Crippen molar-refractivity contribution in [2.75, 3.05) is 0 Å². The van der Waals surface area contributed by atoms with E-state index < -0.39 is 0 Å². The molecule has 4 rings (SSSR count). The number of rotatable bonds is 0. The Morgan fingerprint density at radius 2 is 1.81 bits per heavy atom. The molecule has 2 heterocycles. The van der Waals surface area contributed by atoms with Crippen molar-refractivity contribution in [1.29, 1.82) is 0 Å². The largest absolute Gasteiger partial charge is 0.464 e. The molecule has 0 fully saturated rings. The van der Waals surface area contributed by atoms with Crippen molar-refractivity contribution in [2.24, 2.45) is 0 Å². The van der Waals surface area contributed by atoms with Crippen LogP contribution in [0.15, 0.2) is 53.1 Å². The number of aromatic amines is 1. The van der Waals surface area contributed by atoms with E-state index in [1.165, 1.54) is 10.8 Å². The first-order valence-corrected chi connectivity index (χ1v) is 5.30. The molecule has 16 heavy (non-hydrogen) atoms. The summed E-state index contributed by atoms with van der Waals surface area (Å²) in [4.78, 5) is 3.40. The van der Waals surface area contributed by atoms with Gasteiger partial charge in [0.25, 0.3) is 0 Å². The maximum absolute atomic E-state index is 5.58. The van der Waals surface area contributed by atoms with Gasteiger partial charge in [0, 0.05) is 16.3 Å². The number of furan rings is 1. The van der Waals surface area contributed by atoms with Gasteiger partial charge in [0.1, 0.15) is 5.58 Å². The molecule has 2 nitrogen and oxygen atoms in total. The summed E-state index contributed by atoms with van der Waals surface area (Å²) in [7, 11) is 0. The average molecular weight is 207 g/mol. The van der Waals surface area contributed by atoms with Crippen LogP contribution in [0.1, 0.15) is 0 Å². The SMILES string of the molecule is c1ccc2c(c1)[nH]c1ccc3ccoc3c12. The number of hydrogen-bond acceptors (Lipinski definition) is 1. The third-order valence-electron chi connectivity index (χ3n) is 3.09. The molecule has 0 atom stereocenters. The maximum atomic E-state index is 5.58. The second kappa shape index (κ2) is 2.67. The summed E-state index contributed by atoms with van der Waals surface area (Å²) in [6.45, 7) is 0. The number of fused-ring (bicyclic) bond motifs is 5. The highest BCUT2D eigenvalue weighted by atomic mass is 16.3. The topological polar surface area (TPSA) is 28.9 Å². The average Bonchev–Trinajstić information content (AvgIpc) is 2.91. The minimum absolute atomic E-state index is 0.968. The van der Waals surface area contributed by atoms with Crippen LogP contribution < -0.4 is 0 Å². The normalized spacial score (nSPS) is 11.8. The van der Waals surface area contributed by atoms with Gasteiger partial charge < -0.3 is 9.40 Å². The highest BCUT2D eigenvalue weighted by Gasteiger charge is 2.09. The Balaban J connectivity index is 2.42. The Bertz CT molecular complexity index is 807. The van der Waals surface area contributed by atoms with Gasteiger partial charge in [-0.2, -0.15) is 0 Å². The molecule has 0 aliphatic rings. The zero-order chi connectivity index (χ0) is 10.5. The second-order valence-corrected chi connectivity index (χ2v) is 4.00. The van der Waals surface area contributed by atoms with Gasteiger partial charge in [-0.05, 0) is 24.3 Å². The fourth-order valence-corrected chi connectivity index (χ4v) is 2.36. The zero-order valence-corrected chi connectivity index (χ0v) is 8.53. The molecule has 0 spiro atoms. The van der Waals surface area contributed by atoms with Crippen molar-refractivity contribution < 1.29 is 4.42 Å². The summed E-state index contributed by atoms with van der Waals surface area (Å²) in [5, 5.41) is 3.55. The lowest BCUT2D eigenvalue weighted by atomic mass is 10.1. The molecule has 0 amide bonds. The highest BCUT2D eigenvalue weighted by molar-refractivity contribution is 6.18. The molecule has 0 bridgehead atoms. The number of benzene rings is 2. The van der Waals surface area contributed by atoms with Crippen LogP contribution in [0.2, 0.25) is 0 Å². The number of nitrogens with one attached hydrogen (secondary N) is 1. The van der Waals surface area contributed by atoms with Crippen molar-refractivity contribution in [3.05, 3.63) is 48.7 Å². The summed E-state index contributed by atoms with van der Waals surface area (Å²) >= 11 is 0. The molecule has 4 aromatic rings. The van der Waals surface area contributed by atoms with Crippen LogP contribution in [0, 0.1) is 0 Å². The number of H-pyrrole nitrogens is 1. The number of para-hydroxylation sites is 1. The first-order valence-electron chi connectivity index (χ1n) is 5.30. The summed E-state index contributed by atoms with van der Waals surface area (Å²) < 4.78 is 5.58. The summed E-state index contributed by atoms with van der Waals surface area (Å²) in [5.41, 5.74) is 3.25. The van der Waals surface area contributed by atoms with Gasteiger partial charge in [0.15, 0.2) is 0 Å². The third kappa shape index (κ3) is 0.865. The Hall–Kier alpha value is -2.22. The minimum atomic E-state index is 0.968. The molecular weight excluding hydrogens is 198 g/mol. The molecule has 2 heteroatoms. The van der Waals surface area contributed by atoms with E-state index in [0.29, 0.717) is 0 Å². The van der Waals surface area contributed by atoms with Crippen LogP contribution in [-0.2, 0) is 0 Å². The summed E-state index contributed by atoms with van der Waals surface area (Å²) in [6, 6.07) is 14.5. The maximum Gasteiger partial charge on any atom is 0.143 e. The van der Waals surface area contributed by atoms with Gasteiger partial charge in [0.2, 0.25) is 0 Å². The monoisotopic (exact) mass is 207 g/mol. The Labute approximate surface area is 91.5 Å². The minimum Gasteiger partial charge on any atom is -0.464 e. The standard InChI is InChI=1S/C14H9NO/c1-2-4-11-10(3-1)13-12(15-11)6-5-9-7-8-16-14(9)13/h1-8,15H. The first-order chi connectivity index (χ1) is 7.93. The van der Waals surface area contributed by atoms with E-state index in [9.17, 15) is 0 Å². The van der Waals surface area contributed by atoms with E-state index in [0.717, 1.165) is 22.0 Å². The van der Waals surface area contributed by atoms with Crippen LogP contribution in [-0.4, -0.2) is 4.98 Å². The van der Waals surface area contributed by atoms with E-state index in [1.807, 2.05) is 12.1 Å². The number of aromatic nitrogens is 1. The van der Waals surface area contributed by atoms with Crippen molar-refractivity contribution in [1.82, 2.24) is 4.98 Å². The molecule has 1 N–H and O–H groups in total. The van der Waals surface area contributed by atoms with Crippen molar-refractivity contribution >= 4 is 32.8 Å². The Morgan fingerprint density at radius 1 is 0.875 bits per heavy atom. The molecule has 2 aromatic heterocycles. The van der Waals surface area contributed by atoms with Gasteiger partial charge >= 0.3 is 0 Å². The fraction of sp³-hybridized carbons (Fsp3) is 0. The van der Waals surface area contributed by atoms with E-state index in [4.69, 9.17) is 4.42 Å². The smallest absolute Gasteiger partial charge is 0.143 e. The molecule has 76 valence electrons. The van der Waals surface area contributed by atoms with Crippen molar-refractivity contribution in [2.45, 2.75) is 0 Å². The van der Waals surface area contributed by atoms with Crippen LogP contribution in [0.5, 0.6) is 0 Å². The summed E-state index contributed by atoms with van der Waals surface area (Å²) in [5.74, 6) is 0. The van der Waals surface area contributed by atoms with E-state index >= 15 is 0 Å². The lowest BCUT2D eigenvalue weighted by Crippen LogP contribution is -1.68. The molecule has 0 aliphatic carbocycles. The molecule has 0 saturated heterocycles. The zero-order valence-electron chi connectivity index (χ0n) is 8.53. The lowest BCUT2D eigenvalue weighted by Gasteiger charge is -1.92. The molecule has 0 aliphatic heterocycles. The van der Waals surface area contributed by atoms with Crippen LogP contribution >= 0.6 is 0 Å². The Kier molecular flexibility index (Phi) is 1.33. The van der Waals surface area contributed by atoms with Gasteiger partial charge in [-0.3, -0.25) is 0 Å². The highest BCUT2D eigenvalue weighted by Crippen LogP contribution is 2.32. The fourth-order valence-electron chi connectivity index (χ4n) is 2.36. The number of hydrogen-bond donors (Lipinski definition) is 1. The molecule has 0 radical (unpaired) electrons. The summed E-state index contributed by atoms with van der Waals surface area (Å²) in [6.07, 6.45) is 1.74. The van der Waals surface area contributed by atoms with Gasteiger partial charge in [0.05, 0.1) is 17.2 Å². The van der Waals surface area contributed by atoms with Crippen molar-refractivity contribution in [3.8, 4) is 0 Å². The Morgan fingerprint density at radius 3 is 2.81 bits per heavy atom. The van der Waals surface area contributed by atoms with Crippen molar-refractivity contribution in [3.63, 3.8) is 0 Å². The second-order valence-electron chi connectivity index (χ2n) is 4.00. The van der Waals surface area contributed by atoms with E-state index in [-0.39, 0.29) is 0 Å². The van der Waals surface area contributed by atoms with E-state index in [2.05, 4.69) is 35.3 Å². The van der Waals surface area contributed by atoms with Gasteiger partial charge in [-0.25, -0.2) is 0 Å². The molecular formula is C14H9NO.